The maximum Gasteiger partial charge on any atom is 0.253 e. The Hall–Kier alpha value is -2.08. The van der Waals surface area contributed by atoms with Crippen LogP contribution in [0, 0.1) is 6.92 Å². The van der Waals surface area contributed by atoms with E-state index in [1.54, 1.807) is 25.1 Å². The van der Waals surface area contributed by atoms with Crippen LogP contribution in [0.15, 0.2) is 22.7 Å². The fraction of sp³-hybridized carbons (Fsp3) is 0.357. The first-order valence-corrected chi connectivity index (χ1v) is 7.08. The summed E-state index contributed by atoms with van der Waals surface area (Å²) in [6.45, 7) is 4.86. The van der Waals surface area contributed by atoms with Crippen molar-refractivity contribution in [1.82, 2.24) is 15.5 Å². The van der Waals surface area contributed by atoms with Crippen LogP contribution in [0.2, 0.25) is 5.02 Å². The van der Waals surface area contributed by atoms with Crippen molar-refractivity contribution < 1.29 is 9.32 Å². The van der Waals surface area contributed by atoms with E-state index in [1.165, 1.54) is 0 Å². The lowest BCUT2D eigenvalue weighted by Gasteiger charge is -2.11. The van der Waals surface area contributed by atoms with E-state index >= 15 is 0 Å². The maximum atomic E-state index is 12.2. The van der Waals surface area contributed by atoms with Gasteiger partial charge in [-0.25, -0.2) is 0 Å². The number of halogens is 1. The van der Waals surface area contributed by atoms with Gasteiger partial charge in [-0.05, 0) is 32.0 Å². The van der Waals surface area contributed by atoms with Gasteiger partial charge in [-0.1, -0.05) is 16.8 Å². The SMILES string of the molecule is CCNc1ccc(Cl)cc1C(=O)NCCc1nc(C)no1. The number of carbonyl (C=O) groups is 1. The topological polar surface area (TPSA) is 80.0 Å². The summed E-state index contributed by atoms with van der Waals surface area (Å²) in [6.07, 6.45) is 0.490. The molecular weight excluding hydrogens is 292 g/mol. The van der Waals surface area contributed by atoms with Crippen LogP contribution in [0.1, 0.15) is 29.0 Å². The molecule has 0 radical (unpaired) electrons. The molecule has 1 aromatic carbocycles. The van der Waals surface area contributed by atoms with E-state index < -0.39 is 0 Å². The number of aromatic nitrogens is 2. The Morgan fingerprint density at radius 3 is 2.90 bits per heavy atom. The van der Waals surface area contributed by atoms with Gasteiger partial charge in [0.25, 0.3) is 5.91 Å². The van der Waals surface area contributed by atoms with Crippen molar-refractivity contribution in [3.05, 3.63) is 40.5 Å². The van der Waals surface area contributed by atoms with Crippen LogP contribution in [0.5, 0.6) is 0 Å². The highest BCUT2D eigenvalue weighted by Crippen LogP contribution is 2.20. The Kier molecular flexibility index (Phi) is 5.16. The van der Waals surface area contributed by atoms with Crippen LogP contribution in [0.3, 0.4) is 0 Å². The molecule has 2 aromatic rings. The molecule has 1 heterocycles. The summed E-state index contributed by atoms with van der Waals surface area (Å²) >= 11 is 5.95. The maximum absolute atomic E-state index is 12.2. The Labute approximate surface area is 127 Å². The van der Waals surface area contributed by atoms with Gasteiger partial charge in [-0.15, -0.1) is 0 Å². The Bertz CT molecular complexity index is 627. The van der Waals surface area contributed by atoms with Gasteiger partial charge in [0.15, 0.2) is 5.82 Å². The van der Waals surface area contributed by atoms with Crippen LogP contribution in [-0.2, 0) is 6.42 Å². The molecule has 21 heavy (non-hydrogen) atoms. The molecular formula is C14H17ClN4O2. The molecule has 0 aliphatic heterocycles. The van der Waals surface area contributed by atoms with Crippen LogP contribution < -0.4 is 10.6 Å². The summed E-state index contributed by atoms with van der Waals surface area (Å²) in [5.74, 6) is 0.899. The Morgan fingerprint density at radius 1 is 1.43 bits per heavy atom. The van der Waals surface area contributed by atoms with E-state index in [4.69, 9.17) is 16.1 Å². The quantitative estimate of drug-likeness (QED) is 0.856. The molecule has 0 spiro atoms. The summed E-state index contributed by atoms with van der Waals surface area (Å²) in [4.78, 5) is 16.3. The first-order chi connectivity index (χ1) is 10.1. The van der Waals surface area contributed by atoms with E-state index in [-0.39, 0.29) is 5.91 Å². The first-order valence-electron chi connectivity index (χ1n) is 6.71. The number of amides is 1. The standard InChI is InChI=1S/C14H17ClN4O2/c1-3-16-12-5-4-10(15)8-11(12)14(20)17-7-6-13-18-9(2)19-21-13/h4-5,8,16H,3,6-7H2,1-2H3,(H,17,20). The molecule has 0 atom stereocenters. The van der Waals surface area contributed by atoms with Crippen LogP contribution in [-0.4, -0.2) is 29.1 Å². The van der Waals surface area contributed by atoms with E-state index in [0.29, 0.717) is 35.3 Å². The number of carbonyl (C=O) groups excluding carboxylic acids is 1. The van der Waals surface area contributed by atoms with Gasteiger partial charge in [-0.2, -0.15) is 4.98 Å². The molecule has 1 aromatic heterocycles. The number of anilines is 1. The van der Waals surface area contributed by atoms with Crippen molar-refractivity contribution in [3.8, 4) is 0 Å². The molecule has 7 heteroatoms. The van der Waals surface area contributed by atoms with Gasteiger partial charge in [0, 0.05) is 30.2 Å². The second-order valence-corrected chi connectivity index (χ2v) is 4.90. The molecule has 0 saturated carbocycles. The molecule has 0 bridgehead atoms. The molecule has 0 fully saturated rings. The second-order valence-electron chi connectivity index (χ2n) is 4.46. The molecule has 0 saturated heterocycles. The molecule has 6 nitrogen and oxygen atoms in total. The van der Waals surface area contributed by atoms with E-state index in [2.05, 4.69) is 20.8 Å². The normalized spacial score (nSPS) is 10.4. The second kappa shape index (κ2) is 7.08. The molecule has 0 unspecified atom stereocenters. The monoisotopic (exact) mass is 308 g/mol. The third-order valence-electron chi connectivity index (χ3n) is 2.79. The largest absolute Gasteiger partial charge is 0.385 e. The van der Waals surface area contributed by atoms with Crippen LogP contribution in [0.4, 0.5) is 5.69 Å². The lowest BCUT2D eigenvalue weighted by Crippen LogP contribution is -2.26. The van der Waals surface area contributed by atoms with Crippen molar-refractivity contribution in [2.24, 2.45) is 0 Å². The van der Waals surface area contributed by atoms with Crippen molar-refractivity contribution >= 4 is 23.2 Å². The Balaban J connectivity index is 1.97. The van der Waals surface area contributed by atoms with Gasteiger partial charge in [0.05, 0.1) is 5.56 Å². The number of benzene rings is 1. The predicted octanol–water partition coefficient (Wildman–Crippen LogP) is 2.44. The van der Waals surface area contributed by atoms with Gasteiger partial charge >= 0.3 is 0 Å². The number of nitrogens with one attached hydrogen (secondary N) is 2. The average Bonchev–Trinajstić information content (AvgIpc) is 2.86. The molecule has 0 aliphatic rings. The van der Waals surface area contributed by atoms with Crippen molar-refractivity contribution in [3.63, 3.8) is 0 Å². The zero-order chi connectivity index (χ0) is 15.2. The summed E-state index contributed by atoms with van der Waals surface area (Å²) in [6, 6.07) is 5.19. The number of nitrogens with zero attached hydrogens (tertiary/aromatic N) is 2. The molecule has 1 amide bonds. The fourth-order valence-electron chi connectivity index (χ4n) is 1.87. The Morgan fingerprint density at radius 2 is 2.24 bits per heavy atom. The number of aryl methyl sites for hydroxylation is 1. The number of rotatable bonds is 6. The van der Waals surface area contributed by atoms with E-state index in [0.717, 1.165) is 12.2 Å². The highest BCUT2D eigenvalue weighted by atomic mass is 35.5. The third kappa shape index (κ3) is 4.19. The summed E-state index contributed by atoms with van der Waals surface area (Å²) in [7, 11) is 0. The van der Waals surface area contributed by atoms with E-state index in [1.807, 2.05) is 6.92 Å². The fourth-order valence-corrected chi connectivity index (χ4v) is 2.04. The minimum Gasteiger partial charge on any atom is -0.385 e. The van der Waals surface area contributed by atoms with Gasteiger partial charge in [0.2, 0.25) is 5.89 Å². The van der Waals surface area contributed by atoms with Crippen molar-refractivity contribution in [2.45, 2.75) is 20.3 Å². The third-order valence-corrected chi connectivity index (χ3v) is 3.02. The summed E-state index contributed by atoms with van der Waals surface area (Å²) < 4.78 is 4.99. The lowest BCUT2D eigenvalue weighted by atomic mass is 10.1. The first kappa shape index (κ1) is 15.3. The average molecular weight is 309 g/mol. The molecule has 2 rings (SSSR count). The minimum atomic E-state index is -0.190. The van der Waals surface area contributed by atoms with Gasteiger partial charge in [0.1, 0.15) is 0 Å². The van der Waals surface area contributed by atoms with Crippen molar-refractivity contribution in [2.75, 3.05) is 18.4 Å². The number of hydrogen-bond acceptors (Lipinski definition) is 5. The van der Waals surface area contributed by atoms with Crippen molar-refractivity contribution in [1.29, 1.82) is 0 Å². The van der Waals surface area contributed by atoms with Crippen LogP contribution in [0.25, 0.3) is 0 Å². The van der Waals surface area contributed by atoms with E-state index in [9.17, 15) is 4.79 Å². The lowest BCUT2D eigenvalue weighted by molar-refractivity contribution is 0.0954. The zero-order valence-corrected chi connectivity index (χ0v) is 12.7. The highest BCUT2D eigenvalue weighted by molar-refractivity contribution is 6.31. The van der Waals surface area contributed by atoms with Gasteiger partial charge < -0.3 is 15.2 Å². The predicted molar refractivity (Wildman–Crippen MR) is 80.7 cm³/mol. The summed E-state index contributed by atoms with van der Waals surface area (Å²) in [5, 5.41) is 10.2. The molecule has 112 valence electrons. The zero-order valence-electron chi connectivity index (χ0n) is 11.9. The van der Waals surface area contributed by atoms with Crippen LogP contribution >= 0.6 is 11.6 Å². The molecule has 0 aliphatic carbocycles. The molecule has 2 N–H and O–H groups in total. The minimum absolute atomic E-state index is 0.190. The summed E-state index contributed by atoms with van der Waals surface area (Å²) in [5.41, 5.74) is 1.28. The number of hydrogen-bond donors (Lipinski definition) is 2. The van der Waals surface area contributed by atoms with Gasteiger partial charge in [-0.3, -0.25) is 4.79 Å². The highest BCUT2D eigenvalue weighted by Gasteiger charge is 2.12. The smallest absolute Gasteiger partial charge is 0.253 e.